The van der Waals surface area contributed by atoms with Gasteiger partial charge in [-0.2, -0.15) is 4.31 Å². The van der Waals surface area contributed by atoms with Crippen molar-refractivity contribution in [2.24, 2.45) is 0 Å². The molecule has 0 aliphatic carbocycles. The van der Waals surface area contributed by atoms with Crippen LogP contribution in [0.25, 0.3) is 0 Å². The van der Waals surface area contributed by atoms with E-state index in [1.807, 2.05) is 37.3 Å². The highest BCUT2D eigenvalue weighted by molar-refractivity contribution is 7.60. The third-order valence-electron chi connectivity index (χ3n) is 3.85. The van der Waals surface area contributed by atoms with Crippen LogP contribution in [-0.4, -0.2) is 27.9 Å². The topological polar surface area (TPSA) is 123 Å². The van der Waals surface area contributed by atoms with Gasteiger partial charge in [-0.25, -0.2) is 9.13 Å². The summed E-state index contributed by atoms with van der Waals surface area (Å²) >= 11 is 0. The van der Waals surface area contributed by atoms with Crippen LogP contribution in [0.15, 0.2) is 42.0 Å². The van der Waals surface area contributed by atoms with E-state index < -0.39 is 15.6 Å². The smallest absolute Gasteiger partial charge is 0.377 e. The highest BCUT2D eigenvalue weighted by Gasteiger charge is 2.31. The van der Waals surface area contributed by atoms with Gasteiger partial charge in [0.15, 0.2) is 0 Å². The summed E-state index contributed by atoms with van der Waals surface area (Å²) in [6, 6.07) is 10.1. The van der Waals surface area contributed by atoms with Crippen molar-refractivity contribution in [2.75, 3.05) is 13.2 Å². The molecular weight excluding hydrogens is 406 g/mol. The van der Waals surface area contributed by atoms with Gasteiger partial charge >= 0.3 is 15.6 Å². The zero-order chi connectivity index (χ0) is 20.9. The van der Waals surface area contributed by atoms with Crippen molar-refractivity contribution in [3.8, 4) is 0 Å². The fraction of sp³-hybridized carbons (Fsp3) is 0.556. The molecule has 1 aromatic carbocycles. The van der Waals surface area contributed by atoms with Crippen LogP contribution in [0.5, 0.6) is 0 Å². The number of rotatable bonds is 15. The SMILES string of the molecule is C/C(=C\COP(=O)(O)OP(=O)(O)O)CCCCCCCOCc1ccccc1. The van der Waals surface area contributed by atoms with E-state index in [0.29, 0.717) is 6.61 Å². The molecule has 10 heteroatoms. The Morgan fingerprint density at radius 1 is 1.00 bits per heavy atom. The first-order valence-electron chi connectivity index (χ1n) is 9.19. The van der Waals surface area contributed by atoms with Gasteiger partial charge in [-0.1, -0.05) is 61.2 Å². The van der Waals surface area contributed by atoms with E-state index in [4.69, 9.17) is 19.4 Å². The maximum Gasteiger partial charge on any atom is 0.481 e. The molecule has 0 radical (unpaired) electrons. The van der Waals surface area contributed by atoms with E-state index in [1.165, 1.54) is 5.56 Å². The molecule has 0 aliphatic heterocycles. The molecule has 0 fully saturated rings. The molecule has 0 saturated carbocycles. The summed E-state index contributed by atoms with van der Waals surface area (Å²) in [4.78, 5) is 26.1. The predicted octanol–water partition coefficient (Wildman–Crippen LogP) is 4.72. The molecular formula is C18H30O8P2. The first-order valence-corrected chi connectivity index (χ1v) is 12.2. The summed E-state index contributed by atoms with van der Waals surface area (Å²) in [5.41, 5.74) is 2.15. The van der Waals surface area contributed by atoms with Crippen LogP contribution in [-0.2, 0) is 29.3 Å². The molecule has 0 spiro atoms. The van der Waals surface area contributed by atoms with Gasteiger partial charge in [-0.05, 0) is 31.7 Å². The van der Waals surface area contributed by atoms with E-state index in [1.54, 1.807) is 6.08 Å². The van der Waals surface area contributed by atoms with Gasteiger partial charge in [-0.3, -0.25) is 4.52 Å². The maximum absolute atomic E-state index is 11.3. The van der Waals surface area contributed by atoms with Crippen molar-refractivity contribution in [3.63, 3.8) is 0 Å². The molecule has 3 N–H and O–H groups in total. The minimum Gasteiger partial charge on any atom is -0.377 e. The van der Waals surface area contributed by atoms with Crippen LogP contribution in [0.4, 0.5) is 0 Å². The molecule has 28 heavy (non-hydrogen) atoms. The Morgan fingerprint density at radius 2 is 1.64 bits per heavy atom. The molecule has 160 valence electrons. The Balaban J connectivity index is 2.01. The minimum atomic E-state index is -5.07. The van der Waals surface area contributed by atoms with Crippen LogP contribution in [0.1, 0.15) is 51.0 Å². The molecule has 0 aliphatic rings. The zero-order valence-electron chi connectivity index (χ0n) is 16.1. The molecule has 0 bridgehead atoms. The highest BCUT2D eigenvalue weighted by atomic mass is 31.3. The van der Waals surface area contributed by atoms with E-state index in [9.17, 15) is 9.13 Å². The Kier molecular flexibility index (Phi) is 12.1. The van der Waals surface area contributed by atoms with Gasteiger partial charge in [0.05, 0.1) is 13.2 Å². The minimum absolute atomic E-state index is 0.252. The number of allylic oxidation sites excluding steroid dienone is 1. The quantitative estimate of drug-likeness (QED) is 0.205. The summed E-state index contributed by atoms with van der Waals surface area (Å²) < 4.78 is 35.6. The lowest BCUT2D eigenvalue weighted by atomic mass is 10.1. The monoisotopic (exact) mass is 436 g/mol. The van der Waals surface area contributed by atoms with Crippen molar-refractivity contribution < 1.29 is 37.4 Å². The van der Waals surface area contributed by atoms with E-state index in [0.717, 1.165) is 50.7 Å². The average molecular weight is 436 g/mol. The first-order chi connectivity index (χ1) is 13.2. The third kappa shape index (κ3) is 14.2. The summed E-state index contributed by atoms with van der Waals surface area (Å²) in [5.74, 6) is 0. The van der Waals surface area contributed by atoms with Crippen molar-refractivity contribution in [2.45, 2.75) is 52.1 Å². The molecule has 0 amide bonds. The van der Waals surface area contributed by atoms with Crippen molar-refractivity contribution in [1.29, 1.82) is 0 Å². The van der Waals surface area contributed by atoms with Crippen LogP contribution >= 0.6 is 15.6 Å². The Morgan fingerprint density at radius 3 is 2.32 bits per heavy atom. The van der Waals surface area contributed by atoms with Crippen LogP contribution in [0.3, 0.4) is 0 Å². The number of ether oxygens (including phenoxy) is 1. The molecule has 0 heterocycles. The van der Waals surface area contributed by atoms with Gasteiger partial charge in [0.1, 0.15) is 0 Å². The van der Waals surface area contributed by atoms with Gasteiger partial charge in [0.2, 0.25) is 0 Å². The fourth-order valence-corrected chi connectivity index (χ4v) is 3.96. The summed E-state index contributed by atoms with van der Waals surface area (Å²) in [6.45, 7) is 3.02. The second kappa shape index (κ2) is 13.4. The Bertz CT molecular complexity index is 671. The van der Waals surface area contributed by atoms with E-state index in [-0.39, 0.29) is 6.61 Å². The lowest BCUT2D eigenvalue weighted by Crippen LogP contribution is -1.95. The van der Waals surface area contributed by atoms with Crippen molar-refractivity contribution in [1.82, 2.24) is 0 Å². The van der Waals surface area contributed by atoms with Crippen LogP contribution in [0, 0.1) is 0 Å². The summed E-state index contributed by atoms with van der Waals surface area (Å²) in [5, 5.41) is 0. The lowest BCUT2D eigenvalue weighted by molar-refractivity contribution is 0.116. The lowest BCUT2D eigenvalue weighted by Gasteiger charge is -2.11. The van der Waals surface area contributed by atoms with Crippen LogP contribution < -0.4 is 0 Å². The predicted molar refractivity (Wildman–Crippen MR) is 106 cm³/mol. The zero-order valence-corrected chi connectivity index (χ0v) is 17.9. The van der Waals surface area contributed by atoms with Gasteiger partial charge in [0.25, 0.3) is 0 Å². The number of hydrogen-bond acceptors (Lipinski definition) is 5. The van der Waals surface area contributed by atoms with Crippen molar-refractivity contribution >= 4 is 15.6 Å². The second-order valence-corrected chi connectivity index (χ2v) is 9.27. The number of hydrogen-bond donors (Lipinski definition) is 3. The van der Waals surface area contributed by atoms with Gasteiger partial charge < -0.3 is 19.4 Å². The summed E-state index contributed by atoms with van der Waals surface area (Å²) in [6.07, 6.45) is 7.73. The molecule has 1 rings (SSSR count). The number of phosphoric acid groups is 2. The molecule has 1 unspecified atom stereocenters. The molecule has 0 saturated heterocycles. The Hall–Kier alpha value is -0.820. The molecule has 8 nitrogen and oxygen atoms in total. The normalized spacial score (nSPS) is 14.8. The summed E-state index contributed by atoms with van der Waals surface area (Å²) in [7, 11) is -9.83. The van der Waals surface area contributed by atoms with Gasteiger partial charge in [-0.15, -0.1) is 0 Å². The fourth-order valence-electron chi connectivity index (χ4n) is 2.44. The second-order valence-electron chi connectivity index (χ2n) is 6.44. The first kappa shape index (κ1) is 25.2. The van der Waals surface area contributed by atoms with Crippen LogP contribution in [0.2, 0.25) is 0 Å². The van der Waals surface area contributed by atoms with Crippen molar-refractivity contribution in [3.05, 3.63) is 47.5 Å². The Labute approximate surface area is 166 Å². The number of benzene rings is 1. The third-order valence-corrected chi connectivity index (χ3v) is 6.00. The van der Waals surface area contributed by atoms with E-state index >= 15 is 0 Å². The maximum atomic E-state index is 11.3. The standard InChI is InChI=1S/C18H30O8P2/c1-17(13-15-25-28(22,23)26-27(19,20)21)10-6-3-2-4-9-14-24-16-18-11-7-5-8-12-18/h5,7-8,11-13H,2-4,6,9-10,14-16H2,1H3,(H,22,23)(H2,19,20,21)/b17-13+. The molecule has 1 atom stereocenters. The van der Waals surface area contributed by atoms with Gasteiger partial charge in [0, 0.05) is 6.61 Å². The molecule has 1 aromatic rings. The molecule has 0 aromatic heterocycles. The number of unbranched alkanes of at least 4 members (excludes halogenated alkanes) is 4. The van der Waals surface area contributed by atoms with E-state index in [2.05, 4.69) is 8.83 Å². The largest absolute Gasteiger partial charge is 0.481 e. The average Bonchev–Trinajstić information content (AvgIpc) is 2.59. The highest BCUT2D eigenvalue weighted by Crippen LogP contribution is 2.57. The number of phosphoric ester groups is 1.